The predicted octanol–water partition coefficient (Wildman–Crippen LogP) is 4.01. The van der Waals surface area contributed by atoms with E-state index in [-0.39, 0.29) is 5.82 Å². The van der Waals surface area contributed by atoms with Crippen molar-refractivity contribution in [3.63, 3.8) is 0 Å². The smallest absolute Gasteiger partial charge is 0.410 e. The molecular formula is C23H29FN4O5. The summed E-state index contributed by atoms with van der Waals surface area (Å²) in [6, 6.07) is 9.22. The molecule has 0 unspecified atom stereocenters. The first-order chi connectivity index (χ1) is 15.6. The highest BCUT2D eigenvalue weighted by Gasteiger charge is 2.19. The minimum absolute atomic E-state index is 0.307. The molecule has 3 aromatic rings. The van der Waals surface area contributed by atoms with E-state index in [1.165, 1.54) is 27.7 Å². The zero-order chi connectivity index (χ0) is 24.4. The van der Waals surface area contributed by atoms with Crippen LogP contribution in [-0.2, 0) is 4.74 Å². The summed E-state index contributed by atoms with van der Waals surface area (Å²) in [6.45, 7) is 8.58. The van der Waals surface area contributed by atoms with Gasteiger partial charge in [-0.15, -0.1) is 5.10 Å². The average Bonchev–Trinajstić information content (AvgIpc) is 3.17. The number of halogens is 1. The summed E-state index contributed by atoms with van der Waals surface area (Å²) >= 11 is 0. The number of benzene rings is 1. The Morgan fingerprint density at radius 3 is 2.45 bits per heavy atom. The van der Waals surface area contributed by atoms with Crippen molar-refractivity contribution in [3.05, 3.63) is 54.1 Å². The van der Waals surface area contributed by atoms with Crippen LogP contribution >= 0.6 is 0 Å². The molecule has 0 aliphatic carbocycles. The Morgan fingerprint density at radius 2 is 1.85 bits per heavy atom. The summed E-state index contributed by atoms with van der Waals surface area (Å²) in [7, 11) is 1.64. The fourth-order valence-corrected chi connectivity index (χ4v) is 2.44. The number of nitrogens with zero attached hydrogens (tertiary/aromatic N) is 4. The molecule has 10 heteroatoms. The fraction of sp³-hybridized carbons (Fsp3) is 0.391. The second-order valence-corrected chi connectivity index (χ2v) is 7.88. The Kier molecular flexibility index (Phi) is 9.14. The topological polar surface area (TPSA) is 95.3 Å². The van der Waals surface area contributed by atoms with E-state index in [2.05, 4.69) is 10.1 Å². The number of likely N-dealkylation sites (N-methyl/N-ethyl adjacent to an activating group) is 1. The summed E-state index contributed by atoms with van der Waals surface area (Å²) in [5, 5.41) is 4.10. The van der Waals surface area contributed by atoms with Gasteiger partial charge in [0.15, 0.2) is 11.9 Å². The predicted molar refractivity (Wildman–Crippen MR) is 120 cm³/mol. The Balaban J connectivity index is 0.000000243. The van der Waals surface area contributed by atoms with Gasteiger partial charge in [0, 0.05) is 13.1 Å². The van der Waals surface area contributed by atoms with Crippen molar-refractivity contribution in [2.75, 3.05) is 26.8 Å². The number of hydrogen-bond acceptors (Lipinski definition) is 7. The number of aromatic nitrogens is 3. The van der Waals surface area contributed by atoms with Gasteiger partial charge in [-0.3, -0.25) is 4.79 Å². The van der Waals surface area contributed by atoms with Gasteiger partial charge in [-0.05, 0) is 58.0 Å². The number of ether oxygens (including phenoxy) is 3. The Hall–Kier alpha value is -3.69. The Labute approximate surface area is 192 Å². The lowest BCUT2D eigenvalue weighted by Gasteiger charge is -2.24. The highest BCUT2D eigenvalue weighted by molar-refractivity contribution is 5.73. The summed E-state index contributed by atoms with van der Waals surface area (Å²) in [5.74, 6) is 0.748. The molecule has 2 heterocycles. The van der Waals surface area contributed by atoms with Crippen LogP contribution in [0.15, 0.2) is 42.6 Å². The molecule has 0 aliphatic rings. The third kappa shape index (κ3) is 8.40. The molecule has 0 aliphatic heterocycles. The van der Waals surface area contributed by atoms with Crippen LogP contribution in [0.2, 0.25) is 0 Å². The van der Waals surface area contributed by atoms with E-state index in [9.17, 15) is 14.0 Å². The third-order valence-electron chi connectivity index (χ3n) is 3.99. The molecule has 178 valence electrons. The molecule has 0 radical (unpaired) electrons. The van der Waals surface area contributed by atoms with Crippen LogP contribution in [0.1, 0.15) is 38.2 Å². The van der Waals surface area contributed by atoms with Gasteiger partial charge in [0.25, 0.3) is 0 Å². The molecule has 3 rings (SSSR count). The molecule has 0 saturated heterocycles. The quantitative estimate of drug-likeness (QED) is 0.492. The largest absolute Gasteiger partial charge is 0.492 e. The summed E-state index contributed by atoms with van der Waals surface area (Å²) in [5.41, 5.74) is 0.542. The molecule has 0 saturated carbocycles. The summed E-state index contributed by atoms with van der Waals surface area (Å²) < 4.78 is 29.9. The van der Waals surface area contributed by atoms with Crippen molar-refractivity contribution in [3.8, 4) is 11.6 Å². The zero-order valence-corrected chi connectivity index (χ0v) is 19.4. The van der Waals surface area contributed by atoms with Gasteiger partial charge >= 0.3 is 6.09 Å². The first-order valence-corrected chi connectivity index (χ1v) is 10.4. The lowest BCUT2D eigenvalue weighted by molar-refractivity contribution is 0.0278. The van der Waals surface area contributed by atoms with Crippen LogP contribution in [-0.4, -0.2) is 64.3 Å². The second kappa shape index (κ2) is 11.8. The van der Waals surface area contributed by atoms with Crippen molar-refractivity contribution >= 4 is 18.0 Å². The van der Waals surface area contributed by atoms with Gasteiger partial charge < -0.3 is 19.1 Å². The number of imidazole rings is 1. The van der Waals surface area contributed by atoms with Gasteiger partial charge in [0.2, 0.25) is 5.88 Å². The van der Waals surface area contributed by atoms with Crippen LogP contribution in [0, 0.1) is 5.82 Å². The normalized spacial score (nSPS) is 10.7. The first kappa shape index (κ1) is 25.6. The molecule has 2 aromatic heterocycles. The SMILES string of the molecule is CCOc1ccc2ncc(C=O)n2n1.CN(CCOc1ccc(F)cc1)C(=O)OC(C)(C)C. The van der Waals surface area contributed by atoms with Crippen molar-refractivity contribution in [1.29, 1.82) is 0 Å². The fourth-order valence-electron chi connectivity index (χ4n) is 2.44. The van der Waals surface area contributed by atoms with Gasteiger partial charge in [-0.2, -0.15) is 0 Å². The molecule has 0 spiro atoms. The van der Waals surface area contributed by atoms with Gasteiger partial charge in [0.1, 0.15) is 29.5 Å². The monoisotopic (exact) mass is 460 g/mol. The minimum Gasteiger partial charge on any atom is -0.492 e. The molecular weight excluding hydrogens is 431 g/mol. The van der Waals surface area contributed by atoms with Crippen molar-refractivity contribution in [1.82, 2.24) is 19.5 Å². The number of carbonyl (C=O) groups is 2. The lowest BCUT2D eigenvalue weighted by atomic mass is 10.2. The number of fused-ring (bicyclic) bond motifs is 1. The molecule has 1 amide bonds. The molecule has 0 N–H and O–H groups in total. The number of aldehydes is 1. The van der Waals surface area contributed by atoms with Crippen molar-refractivity contribution < 1.29 is 28.2 Å². The van der Waals surface area contributed by atoms with E-state index in [1.807, 2.05) is 27.7 Å². The maximum Gasteiger partial charge on any atom is 0.410 e. The van der Waals surface area contributed by atoms with E-state index in [4.69, 9.17) is 14.2 Å². The molecule has 1 aromatic carbocycles. The van der Waals surface area contributed by atoms with Gasteiger partial charge in [-0.1, -0.05) is 0 Å². The van der Waals surface area contributed by atoms with E-state index >= 15 is 0 Å². The van der Waals surface area contributed by atoms with Crippen molar-refractivity contribution in [2.45, 2.75) is 33.3 Å². The van der Waals surface area contributed by atoms with E-state index < -0.39 is 11.7 Å². The lowest BCUT2D eigenvalue weighted by Crippen LogP contribution is -2.36. The van der Waals surface area contributed by atoms with E-state index in [0.717, 1.165) is 0 Å². The number of amides is 1. The van der Waals surface area contributed by atoms with Gasteiger partial charge in [0.05, 0.1) is 19.3 Å². The number of rotatable bonds is 7. The highest BCUT2D eigenvalue weighted by Crippen LogP contribution is 2.12. The first-order valence-electron chi connectivity index (χ1n) is 10.4. The van der Waals surface area contributed by atoms with E-state index in [0.29, 0.717) is 49.0 Å². The van der Waals surface area contributed by atoms with Crippen LogP contribution in [0.25, 0.3) is 5.65 Å². The second-order valence-electron chi connectivity index (χ2n) is 7.88. The van der Waals surface area contributed by atoms with Gasteiger partial charge in [-0.25, -0.2) is 18.7 Å². The standard InChI is InChI=1S/C14H20FNO3.C9H9N3O2/c1-14(2,3)19-13(17)16(4)9-10-18-12-7-5-11(15)6-8-12;1-2-14-9-4-3-8-10-5-7(6-13)12(8)11-9/h5-8H,9-10H2,1-4H3;3-6H,2H2,1H3. The van der Waals surface area contributed by atoms with Crippen LogP contribution in [0.3, 0.4) is 0 Å². The summed E-state index contributed by atoms with van der Waals surface area (Å²) in [4.78, 5) is 27.7. The van der Waals surface area contributed by atoms with Crippen molar-refractivity contribution in [2.24, 2.45) is 0 Å². The number of carbonyl (C=O) groups excluding carboxylic acids is 2. The minimum atomic E-state index is -0.511. The molecule has 0 fully saturated rings. The summed E-state index contributed by atoms with van der Waals surface area (Å²) in [6.07, 6.45) is 1.79. The highest BCUT2D eigenvalue weighted by atomic mass is 19.1. The molecule has 33 heavy (non-hydrogen) atoms. The third-order valence-corrected chi connectivity index (χ3v) is 3.99. The maximum absolute atomic E-state index is 12.7. The van der Waals surface area contributed by atoms with Crippen LogP contribution < -0.4 is 9.47 Å². The zero-order valence-electron chi connectivity index (χ0n) is 19.4. The Bertz CT molecular complexity index is 1050. The average molecular weight is 461 g/mol. The molecule has 0 atom stereocenters. The molecule has 0 bridgehead atoms. The number of hydrogen-bond donors (Lipinski definition) is 0. The van der Waals surface area contributed by atoms with E-state index in [1.54, 1.807) is 31.3 Å². The van der Waals surface area contributed by atoms with Crippen LogP contribution in [0.4, 0.5) is 9.18 Å². The van der Waals surface area contributed by atoms with Crippen LogP contribution in [0.5, 0.6) is 11.6 Å². The molecule has 9 nitrogen and oxygen atoms in total. The Morgan fingerprint density at radius 1 is 1.15 bits per heavy atom. The maximum atomic E-state index is 12.7.